The molecule has 2 amide bonds. The van der Waals surface area contributed by atoms with Gasteiger partial charge in [-0.1, -0.05) is 60.7 Å². The second-order valence-corrected chi connectivity index (χ2v) is 9.96. The number of benzene rings is 3. The lowest BCUT2D eigenvalue weighted by atomic mass is 10.00. The summed E-state index contributed by atoms with van der Waals surface area (Å²) in [5.74, 6) is 1.17. The first-order valence-electron chi connectivity index (χ1n) is 13.9. The molecule has 0 aliphatic rings. The molecule has 6 nitrogen and oxygen atoms in total. The maximum atomic E-state index is 13.9. The number of rotatable bonds is 14. The van der Waals surface area contributed by atoms with E-state index in [-0.39, 0.29) is 24.3 Å². The van der Waals surface area contributed by atoms with Crippen LogP contribution in [0.5, 0.6) is 11.5 Å². The van der Waals surface area contributed by atoms with Gasteiger partial charge in [0.1, 0.15) is 6.04 Å². The predicted octanol–water partition coefficient (Wildman–Crippen LogP) is 5.89. The molecular formula is C33H42N2O4. The molecule has 0 heterocycles. The maximum absolute atomic E-state index is 13.9. The van der Waals surface area contributed by atoms with Gasteiger partial charge >= 0.3 is 0 Å². The lowest BCUT2D eigenvalue weighted by molar-refractivity contribution is -0.141. The molecule has 0 aliphatic carbocycles. The molecular weight excluding hydrogens is 488 g/mol. The number of hydrogen-bond donors (Lipinski definition) is 1. The highest BCUT2D eigenvalue weighted by Gasteiger charge is 2.30. The SMILES string of the molecule is CCOc1ccc(CCC(=O)N(Cc2ccccc2C)C(Cc2ccccc2)C(=O)NC(C)C)cc1OCC. The lowest BCUT2D eigenvalue weighted by Gasteiger charge is -2.32. The van der Waals surface area contributed by atoms with Crippen molar-refractivity contribution in [1.29, 1.82) is 0 Å². The minimum Gasteiger partial charge on any atom is -0.490 e. The number of nitrogens with zero attached hydrogens (tertiary/aromatic N) is 1. The van der Waals surface area contributed by atoms with Gasteiger partial charge in [0.25, 0.3) is 0 Å². The van der Waals surface area contributed by atoms with Crippen LogP contribution < -0.4 is 14.8 Å². The molecule has 208 valence electrons. The first kappa shape index (κ1) is 29.8. The van der Waals surface area contributed by atoms with Crippen molar-refractivity contribution in [2.24, 2.45) is 0 Å². The van der Waals surface area contributed by atoms with E-state index >= 15 is 0 Å². The van der Waals surface area contributed by atoms with E-state index in [1.807, 2.05) is 107 Å². The van der Waals surface area contributed by atoms with E-state index in [1.165, 1.54) is 0 Å². The van der Waals surface area contributed by atoms with E-state index in [1.54, 1.807) is 4.90 Å². The van der Waals surface area contributed by atoms with Crippen molar-refractivity contribution in [2.75, 3.05) is 13.2 Å². The molecule has 0 aliphatic heterocycles. The minimum atomic E-state index is -0.638. The Kier molecular flexibility index (Phi) is 11.4. The lowest BCUT2D eigenvalue weighted by Crippen LogP contribution is -2.51. The van der Waals surface area contributed by atoms with E-state index in [0.29, 0.717) is 44.1 Å². The van der Waals surface area contributed by atoms with Crippen molar-refractivity contribution in [3.8, 4) is 11.5 Å². The first-order valence-corrected chi connectivity index (χ1v) is 13.9. The molecule has 39 heavy (non-hydrogen) atoms. The Bertz CT molecular complexity index is 1210. The summed E-state index contributed by atoms with van der Waals surface area (Å²) in [5, 5.41) is 3.05. The summed E-state index contributed by atoms with van der Waals surface area (Å²) in [6.45, 7) is 11.2. The number of nitrogens with one attached hydrogen (secondary N) is 1. The second kappa shape index (κ2) is 15.0. The van der Waals surface area contributed by atoms with E-state index in [4.69, 9.17) is 9.47 Å². The molecule has 1 N–H and O–H groups in total. The Balaban J connectivity index is 1.90. The highest BCUT2D eigenvalue weighted by atomic mass is 16.5. The summed E-state index contributed by atoms with van der Waals surface area (Å²) in [6, 6.07) is 23.0. The van der Waals surface area contributed by atoms with Crippen LogP contribution in [0.2, 0.25) is 0 Å². The third-order valence-corrected chi connectivity index (χ3v) is 6.54. The average Bonchev–Trinajstić information content (AvgIpc) is 2.92. The molecule has 3 aromatic carbocycles. The van der Waals surface area contributed by atoms with E-state index < -0.39 is 6.04 Å². The van der Waals surface area contributed by atoms with Crippen LogP contribution >= 0.6 is 0 Å². The highest BCUT2D eigenvalue weighted by Crippen LogP contribution is 2.29. The van der Waals surface area contributed by atoms with Gasteiger partial charge in [-0.15, -0.1) is 0 Å². The fraction of sp³-hybridized carbons (Fsp3) is 0.394. The van der Waals surface area contributed by atoms with Gasteiger partial charge < -0.3 is 19.7 Å². The molecule has 1 unspecified atom stereocenters. The Hall–Kier alpha value is -3.80. The van der Waals surface area contributed by atoms with Gasteiger partial charge in [-0.2, -0.15) is 0 Å². The summed E-state index contributed by atoms with van der Waals surface area (Å²) in [7, 11) is 0. The molecule has 3 aromatic rings. The number of carbonyl (C=O) groups excluding carboxylic acids is 2. The van der Waals surface area contributed by atoms with Gasteiger partial charge in [-0.25, -0.2) is 0 Å². The van der Waals surface area contributed by atoms with Gasteiger partial charge in [0.15, 0.2) is 11.5 Å². The van der Waals surface area contributed by atoms with Crippen LogP contribution in [0.15, 0.2) is 72.8 Å². The largest absolute Gasteiger partial charge is 0.490 e. The molecule has 0 saturated carbocycles. The zero-order valence-corrected chi connectivity index (χ0v) is 23.9. The van der Waals surface area contributed by atoms with E-state index in [0.717, 1.165) is 22.3 Å². The molecule has 0 saturated heterocycles. The second-order valence-electron chi connectivity index (χ2n) is 9.96. The summed E-state index contributed by atoms with van der Waals surface area (Å²) < 4.78 is 11.5. The average molecular weight is 531 g/mol. The van der Waals surface area contributed by atoms with Crippen LogP contribution in [0.3, 0.4) is 0 Å². The summed E-state index contributed by atoms with van der Waals surface area (Å²) in [6.07, 6.45) is 1.24. The van der Waals surface area contributed by atoms with Crippen LogP contribution in [-0.4, -0.2) is 42.0 Å². The third kappa shape index (κ3) is 8.88. The molecule has 0 aromatic heterocycles. The number of carbonyl (C=O) groups is 2. The molecule has 0 bridgehead atoms. The standard InChI is InChI=1S/C33H42N2O4/c1-6-38-30-19-17-27(22-31(30)39-7-2)18-20-32(36)35(23-28-16-12-11-13-25(28)5)29(33(37)34-24(3)4)21-26-14-9-8-10-15-26/h8-17,19,22,24,29H,6-7,18,20-21,23H2,1-5H3,(H,34,37). The Morgan fingerprint density at radius 2 is 1.51 bits per heavy atom. The van der Waals surface area contributed by atoms with Crippen molar-refractivity contribution >= 4 is 11.8 Å². The smallest absolute Gasteiger partial charge is 0.243 e. The summed E-state index contributed by atoms with van der Waals surface area (Å²) in [5.41, 5.74) is 4.11. The zero-order chi connectivity index (χ0) is 28.2. The Labute approximate surface area is 233 Å². The number of aryl methyl sites for hydroxylation is 2. The fourth-order valence-corrected chi connectivity index (χ4v) is 4.55. The van der Waals surface area contributed by atoms with Gasteiger partial charge in [0.2, 0.25) is 11.8 Å². The van der Waals surface area contributed by atoms with Crippen molar-refractivity contribution in [3.63, 3.8) is 0 Å². The van der Waals surface area contributed by atoms with Crippen molar-refractivity contribution < 1.29 is 19.1 Å². The van der Waals surface area contributed by atoms with Crippen LogP contribution in [0, 0.1) is 6.92 Å². The monoisotopic (exact) mass is 530 g/mol. The van der Waals surface area contributed by atoms with Crippen LogP contribution in [0.1, 0.15) is 56.4 Å². The van der Waals surface area contributed by atoms with Crippen LogP contribution in [0.25, 0.3) is 0 Å². The molecule has 3 rings (SSSR count). The van der Waals surface area contributed by atoms with Crippen molar-refractivity contribution in [1.82, 2.24) is 10.2 Å². The molecule has 0 fully saturated rings. The van der Waals surface area contributed by atoms with Gasteiger partial charge in [-0.05, 0) is 75.4 Å². The molecule has 1 atom stereocenters. The Morgan fingerprint density at radius 3 is 2.18 bits per heavy atom. The summed E-state index contributed by atoms with van der Waals surface area (Å²) >= 11 is 0. The third-order valence-electron chi connectivity index (χ3n) is 6.54. The highest BCUT2D eigenvalue weighted by molar-refractivity contribution is 5.88. The Morgan fingerprint density at radius 1 is 0.846 bits per heavy atom. The minimum absolute atomic E-state index is 0.0352. The summed E-state index contributed by atoms with van der Waals surface area (Å²) in [4.78, 5) is 29.2. The number of ether oxygens (including phenoxy) is 2. The fourth-order valence-electron chi connectivity index (χ4n) is 4.55. The van der Waals surface area contributed by atoms with Gasteiger partial charge in [0.05, 0.1) is 13.2 Å². The maximum Gasteiger partial charge on any atom is 0.243 e. The first-order chi connectivity index (χ1) is 18.8. The topological polar surface area (TPSA) is 67.9 Å². The van der Waals surface area contributed by atoms with Gasteiger partial charge in [0, 0.05) is 25.4 Å². The quantitative estimate of drug-likeness (QED) is 0.282. The van der Waals surface area contributed by atoms with Crippen LogP contribution in [0.4, 0.5) is 0 Å². The molecule has 6 heteroatoms. The van der Waals surface area contributed by atoms with Gasteiger partial charge in [-0.3, -0.25) is 9.59 Å². The van der Waals surface area contributed by atoms with E-state index in [2.05, 4.69) is 5.32 Å². The molecule has 0 radical (unpaired) electrons. The number of hydrogen-bond acceptors (Lipinski definition) is 4. The predicted molar refractivity (Wildman–Crippen MR) is 156 cm³/mol. The number of amides is 2. The molecule has 0 spiro atoms. The van der Waals surface area contributed by atoms with Crippen molar-refractivity contribution in [2.45, 2.75) is 72.5 Å². The van der Waals surface area contributed by atoms with Crippen LogP contribution in [-0.2, 0) is 29.0 Å². The van der Waals surface area contributed by atoms with Crippen molar-refractivity contribution in [3.05, 3.63) is 95.1 Å². The normalized spacial score (nSPS) is 11.6. The van der Waals surface area contributed by atoms with E-state index in [9.17, 15) is 9.59 Å². The zero-order valence-electron chi connectivity index (χ0n) is 23.9.